The van der Waals surface area contributed by atoms with Crippen LogP contribution in [0.5, 0.6) is 0 Å². The van der Waals surface area contributed by atoms with Gasteiger partial charge in [-0.25, -0.2) is 8.78 Å². The van der Waals surface area contributed by atoms with Crippen LogP contribution in [0.2, 0.25) is 0 Å². The predicted octanol–water partition coefficient (Wildman–Crippen LogP) is 6.20. The van der Waals surface area contributed by atoms with Gasteiger partial charge >= 0.3 is 0 Å². The van der Waals surface area contributed by atoms with E-state index in [4.69, 9.17) is 0 Å². The third-order valence-corrected chi connectivity index (χ3v) is 3.46. The maximum absolute atomic E-state index is 12.8. The van der Waals surface area contributed by atoms with Crippen LogP contribution in [-0.2, 0) is 0 Å². The Kier molecular flexibility index (Phi) is 12.2. The molecule has 0 aromatic heterocycles. The van der Waals surface area contributed by atoms with E-state index in [9.17, 15) is 8.78 Å². The van der Waals surface area contributed by atoms with E-state index in [1.165, 1.54) is 32.1 Å². The van der Waals surface area contributed by atoms with Crippen LogP contribution in [0.15, 0.2) is 0 Å². The molecule has 0 aromatic rings. The van der Waals surface area contributed by atoms with Crippen LogP contribution >= 0.6 is 0 Å². The molecule has 0 N–H and O–H groups in total. The van der Waals surface area contributed by atoms with Gasteiger partial charge in [0.15, 0.2) is 0 Å². The van der Waals surface area contributed by atoms with Gasteiger partial charge in [-0.1, -0.05) is 71.6 Å². The summed E-state index contributed by atoms with van der Waals surface area (Å²) in [5.41, 5.74) is 0. The van der Waals surface area contributed by atoms with E-state index in [1.54, 1.807) is 0 Å². The molecule has 17 heavy (non-hydrogen) atoms. The van der Waals surface area contributed by atoms with Crippen molar-refractivity contribution in [2.24, 2.45) is 5.92 Å². The Morgan fingerprint density at radius 1 is 0.647 bits per heavy atom. The molecule has 0 bridgehead atoms. The van der Waals surface area contributed by atoms with Crippen molar-refractivity contribution in [1.29, 1.82) is 0 Å². The first-order valence-electron chi connectivity index (χ1n) is 7.50. The highest BCUT2D eigenvalue weighted by atomic mass is 19.3. The van der Waals surface area contributed by atoms with Crippen molar-refractivity contribution in [2.45, 2.75) is 90.9 Å². The van der Waals surface area contributed by atoms with E-state index in [0.717, 1.165) is 38.5 Å². The molecule has 0 heterocycles. The maximum atomic E-state index is 12.8. The van der Waals surface area contributed by atoms with Gasteiger partial charge in [-0.3, -0.25) is 0 Å². The summed E-state index contributed by atoms with van der Waals surface area (Å²) >= 11 is 0. The van der Waals surface area contributed by atoms with Crippen LogP contribution in [0.4, 0.5) is 8.78 Å². The second-order valence-electron chi connectivity index (χ2n) is 5.15. The molecule has 0 aliphatic rings. The Hall–Kier alpha value is -0.140. The number of unbranched alkanes of at least 4 members (excludes halogenated alkanes) is 7. The zero-order valence-electron chi connectivity index (χ0n) is 11.7. The fourth-order valence-corrected chi connectivity index (χ4v) is 2.24. The van der Waals surface area contributed by atoms with Crippen molar-refractivity contribution >= 4 is 0 Å². The summed E-state index contributed by atoms with van der Waals surface area (Å²) in [6.45, 7) is 4.33. The highest BCUT2D eigenvalue weighted by Crippen LogP contribution is 2.24. The van der Waals surface area contributed by atoms with Crippen LogP contribution in [-0.4, -0.2) is 6.43 Å². The topological polar surface area (TPSA) is 0 Å². The first kappa shape index (κ1) is 16.9. The van der Waals surface area contributed by atoms with Crippen LogP contribution in [0.1, 0.15) is 84.5 Å². The zero-order valence-corrected chi connectivity index (χ0v) is 11.7. The minimum atomic E-state index is -2.11. The monoisotopic (exact) mass is 248 g/mol. The average Bonchev–Trinajstić information content (AvgIpc) is 2.31. The molecule has 0 saturated heterocycles. The minimum Gasteiger partial charge on any atom is -0.210 e. The number of hydrogen-bond acceptors (Lipinski definition) is 0. The number of rotatable bonds is 12. The number of alkyl halides is 2. The lowest BCUT2D eigenvalue weighted by atomic mass is 9.95. The lowest BCUT2D eigenvalue weighted by molar-refractivity contribution is 0.0644. The Balaban J connectivity index is 3.53. The summed E-state index contributed by atoms with van der Waals surface area (Å²) in [4.78, 5) is 0. The van der Waals surface area contributed by atoms with Crippen LogP contribution in [0.25, 0.3) is 0 Å². The molecule has 0 aliphatic carbocycles. The van der Waals surface area contributed by atoms with E-state index in [2.05, 4.69) is 13.8 Å². The van der Waals surface area contributed by atoms with Crippen LogP contribution < -0.4 is 0 Å². The molecule has 0 nitrogen and oxygen atoms in total. The Labute approximate surface area is 106 Å². The lowest BCUT2D eigenvalue weighted by Gasteiger charge is -2.15. The Morgan fingerprint density at radius 2 is 1.06 bits per heavy atom. The number of hydrogen-bond donors (Lipinski definition) is 0. The summed E-state index contributed by atoms with van der Waals surface area (Å²) in [7, 11) is 0. The van der Waals surface area contributed by atoms with E-state index in [-0.39, 0.29) is 5.92 Å². The molecule has 0 radical (unpaired) electrons. The fourth-order valence-electron chi connectivity index (χ4n) is 2.24. The lowest BCUT2D eigenvalue weighted by Crippen LogP contribution is -2.11. The molecule has 1 unspecified atom stereocenters. The molecule has 0 fully saturated rings. The molecule has 0 amide bonds. The Bertz CT molecular complexity index is 146. The molecule has 1 atom stereocenters. The normalized spacial score (nSPS) is 13.2. The van der Waals surface area contributed by atoms with Gasteiger partial charge in [-0.05, 0) is 12.8 Å². The van der Waals surface area contributed by atoms with Crippen molar-refractivity contribution in [3.8, 4) is 0 Å². The summed E-state index contributed by atoms with van der Waals surface area (Å²) in [6, 6.07) is 0. The molecule has 0 spiro atoms. The molecule has 0 saturated carbocycles. The summed E-state index contributed by atoms with van der Waals surface area (Å²) in [5, 5.41) is 0. The quantitative estimate of drug-likeness (QED) is 0.361. The van der Waals surface area contributed by atoms with Crippen molar-refractivity contribution in [3.05, 3.63) is 0 Å². The predicted molar refractivity (Wildman–Crippen MR) is 71.6 cm³/mol. The fraction of sp³-hybridized carbons (Fsp3) is 1.00. The highest BCUT2D eigenvalue weighted by molar-refractivity contribution is 4.62. The molecule has 0 rings (SSSR count). The van der Waals surface area contributed by atoms with Crippen LogP contribution in [0.3, 0.4) is 0 Å². The number of halogens is 2. The van der Waals surface area contributed by atoms with Gasteiger partial charge in [-0.2, -0.15) is 0 Å². The van der Waals surface area contributed by atoms with Gasteiger partial charge in [0.05, 0.1) is 0 Å². The average molecular weight is 248 g/mol. The molecule has 0 aliphatic heterocycles. The van der Waals surface area contributed by atoms with Gasteiger partial charge in [0.2, 0.25) is 6.43 Å². The highest BCUT2D eigenvalue weighted by Gasteiger charge is 2.18. The molecule has 2 heteroatoms. The van der Waals surface area contributed by atoms with Gasteiger partial charge < -0.3 is 0 Å². The SMILES string of the molecule is CCCCCCCC(CCCCCC)C(F)F. The second-order valence-corrected chi connectivity index (χ2v) is 5.15. The van der Waals surface area contributed by atoms with E-state index in [0.29, 0.717) is 0 Å². The summed E-state index contributed by atoms with van der Waals surface area (Å²) in [6.07, 6.45) is 9.61. The largest absolute Gasteiger partial charge is 0.241 e. The first-order chi connectivity index (χ1) is 8.22. The minimum absolute atomic E-state index is 0.339. The van der Waals surface area contributed by atoms with E-state index in [1.807, 2.05) is 0 Å². The van der Waals surface area contributed by atoms with Gasteiger partial charge in [0.1, 0.15) is 0 Å². The van der Waals surface area contributed by atoms with Crippen molar-refractivity contribution in [3.63, 3.8) is 0 Å². The van der Waals surface area contributed by atoms with Gasteiger partial charge in [0, 0.05) is 5.92 Å². The second kappa shape index (κ2) is 12.3. The Morgan fingerprint density at radius 3 is 1.47 bits per heavy atom. The summed E-state index contributed by atoms with van der Waals surface area (Å²) in [5.74, 6) is -0.339. The van der Waals surface area contributed by atoms with E-state index >= 15 is 0 Å². The molecule has 104 valence electrons. The van der Waals surface area contributed by atoms with Crippen LogP contribution in [0, 0.1) is 5.92 Å². The molecule has 0 aromatic carbocycles. The zero-order chi connectivity index (χ0) is 12.9. The standard InChI is InChI=1S/C15H30F2/c1-3-5-7-9-11-13-14(15(16)17)12-10-8-6-4-2/h14-15H,3-13H2,1-2H3. The van der Waals surface area contributed by atoms with Crippen molar-refractivity contribution in [2.75, 3.05) is 0 Å². The molecular formula is C15H30F2. The van der Waals surface area contributed by atoms with Gasteiger partial charge in [-0.15, -0.1) is 0 Å². The molecular weight excluding hydrogens is 218 g/mol. The van der Waals surface area contributed by atoms with Crippen molar-refractivity contribution in [1.82, 2.24) is 0 Å². The van der Waals surface area contributed by atoms with E-state index < -0.39 is 6.43 Å². The maximum Gasteiger partial charge on any atom is 0.241 e. The summed E-state index contributed by atoms with van der Waals surface area (Å²) < 4.78 is 25.6. The van der Waals surface area contributed by atoms with Gasteiger partial charge in [0.25, 0.3) is 0 Å². The van der Waals surface area contributed by atoms with Crippen molar-refractivity contribution < 1.29 is 8.78 Å². The third kappa shape index (κ3) is 10.7. The first-order valence-corrected chi connectivity index (χ1v) is 7.50. The smallest absolute Gasteiger partial charge is 0.210 e. The third-order valence-electron chi connectivity index (χ3n) is 3.46.